The standard InChI is InChI=1S/C24H30N2O2/c1-24(2,3)26-13-7-15-28-23-11-5-4-8-19(23)17-20(27)16-18-9-6-10-22-21(18)12-14-25-22/h4-6,8-12,14,25-26H,7,13,15-17H2,1-3H3. The summed E-state index contributed by atoms with van der Waals surface area (Å²) in [4.78, 5) is 15.9. The Labute approximate surface area is 167 Å². The van der Waals surface area contributed by atoms with Crippen LogP contribution in [0.3, 0.4) is 0 Å². The monoisotopic (exact) mass is 378 g/mol. The second-order valence-electron chi connectivity index (χ2n) is 8.23. The van der Waals surface area contributed by atoms with E-state index in [2.05, 4.69) is 31.1 Å². The fourth-order valence-corrected chi connectivity index (χ4v) is 3.30. The van der Waals surface area contributed by atoms with E-state index in [1.807, 2.05) is 54.7 Å². The number of carbonyl (C=O) groups excluding carboxylic acids is 1. The predicted octanol–water partition coefficient (Wildman–Crippen LogP) is 4.68. The van der Waals surface area contributed by atoms with Crippen LogP contribution in [-0.4, -0.2) is 29.5 Å². The number of nitrogens with one attached hydrogen (secondary N) is 2. The summed E-state index contributed by atoms with van der Waals surface area (Å²) in [6, 6.07) is 15.9. The van der Waals surface area contributed by atoms with Gasteiger partial charge in [-0.05, 0) is 57.5 Å². The van der Waals surface area contributed by atoms with Crippen LogP contribution >= 0.6 is 0 Å². The Kier molecular flexibility index (Phi) is 6.53. The molecule has 2 aromatic carbocycles. The minimum absolute atomic E-state index is 0.118. The molecule has 148 valence electrons. The summed E-state index contributed by atoms with van der Waals surface area (Å²) in [5.41, 5.74) is 3.21. The van der Waals surface area contributed by atoms with Crippen LogP contribution < -0.4 is 10.1 Å². The number of fused-ring (bicyclic) bond motifs is 1. The first-order valence-electron chi connectivity index (χ1n) is 9.95. The maximum atomic E-state index is 12.7. The van der Waals surface area contributed by atoms with Crippen LogP contribution in [0.5, 0.6) is 5.75 Å². The summed E-state index contributed by atoms with van der Waals surface area (Å²) < 4.78 is 5.96. The van der Waals surface area contributed by atoms with E-state index >= 15 is 0 Å². The molecule has 0 amide bonds. The molecule has 28 heavy (non-hydrogen) atoms. The smallest absolute Gasteiger partial charge is 0.141 e. The molecule has 0 aliphatic carbocycles. The Balaban J connectivity index is 1.57. The van der Waals surface area contributed by atoms with Gasteiger partial charge in [-0.2, -0.15) is 0 Å². The molecule has 2 N–H and O–H groups in total. The number of hydrogen-bond acceptors (Lipinski definition) is 3. The van der Waals surface area contributed by atoms with Crippen LogP contribution in [-0.2, 0) is 17.6 Å². The molecule has 0 aliphatic heterocycles. The first kappa shape index (κ1) is 20.2. The average Bonchev–Trinajstić information content (AvgIpc) is 3.11. The molecule has 4 nitrogen and oxygen atoms in total. The third-order valence-corrected chi connectivity index (χ3v) is 4.67. The second kappa shape index (κ2) is 9.07. The van der Waals surface area contributed by atoms with Gasteiger partial charge in [-0.25, -0.2) is 0 Å². The molecule has 3 aromatic rings. The van der Waals surface area contributed by atoms with Gasteiger partial charge in [0.1, 0.15) is 11.5 Å². The van der Waals surface area contributed by atoms with Crippen LogP contribution in [0, 0.1) is 0 Å². The third kappa shape index (κ3) is 5.70. The normalized spacial score (nSPS) is 11.7. The molecule has 0 radical (unpaired) electrons. The largest absolute Gasteiger partial charge is 0.493 e. The minimum atomic E-state index is 0.118. The van der Waals surface area contributed by atoms with Gasteiger partial charge in [0, 0.05) is 41.0 Å². The van der Waals surface area contributed by atoms with E-state index in [-0.39, 0.29) is 11.3 Å². The first-order chi connectivity index (χ1) is 13.4. The lowest BCUT2D eigenvalue weighted by molar-refractivity contribution is -0.117. The number of benzene rings is 2. The van der Waals surface area contributed by atoms with Crippen molar-refractivity contribution >= 4 is 16.7 Å². The van der Waals surface area contributed by atoms with Gasteiger partial charge in [0.25, 0.3) is 0 Å². The van der Waals surface area contributed by atoms with Crippen molar-refractivity contribution < 1.29 is 9.53 Å². The minimum Gasteiger partial charge on any atom is -0.493 e. The van der Waals surface area contributed by atoms with Crippen molar-refractivity contribution in [2.24, 2.45) is 0 Å². The molecule has 0 unspecified atom stereocenters. The van der Waals surface area contributed by atoms with Crippen LogP contribution in [0.2, 0.25) is 0 Å². The molecule has 0 saturated carbocycles. The van der Waals surface area contributed by atoms with Crippen LogP contribution in [0.25, 0.3) is 10.9 Å². The van der Waals surface area contributed by atoms with Crippen molar-refractivity contribution in [3.05, 3.63) is 65.9 Å². The quantitative estimate of drug-likeness (QED) is 0.532. The number of rotatable bonds is 9. The Bertz CT molecular complexity index is 921. The Hall–Kier alpha value is -2.59. The molecule has 1 heterocycles. The van der Waals surface area contributed by atoms with Gasteiger partial charge in [0.15, 0.2) is 0 Å². The number of aromatic amines is 1. The fourth-order valence-electron chi connectivity index (χ4n) is 3.30. The molecule has 0 fully saturated rings. The van der Waals surface area contributed by atoms with Crippen LogP contribution in [0.4, 0.5) is 0 Å². The number of carbonyl (C=O) groups is 1. The van der Waals surface area contributed by atoms with Gasteiger partial charge in [-0.1, -0.05) is 30.3 Å². The molecule has 3 rings (SSSR count). The molecular weight excluding hydrogens is 348 g/mol. The summed E-state index contributed by atoms with van der Waals surface area (Å²) in [5, 5.41) is 4.58. The number of hydrogen-bond donors (Lipinski definition) is 2. The van der Waals surface area contributed by atoms with Gasteiger partial charge >= 0.3 is 0 Å². The Morgan fingerprint density at radius 2 is 1.75 bits per heavy atom. The van der Waals surface area contributed by atoms with Gasteiger partial charge in [0.05, 0.1) is 6.61 Å². The lowest BCUT2D eigenvalue weighted by Gasteiger charge is -2.20. The highest BCUT2D eigenvalue weighted by molar-refractivity contribution is 5.90. The van der Waals surface area contributed by atoms with Gasteiger partial charge in [0.2, 0.25) is 0 Å². The molecule has 0 bridgehead atoms. The zero-order chi connectivity index (χ0) is 20.0. The van der Waals surface area contributed by atoms with Crippen molar-refractivity contribution in [2.45, 2.75) is 45.6 Å². The summed E-state index contributed by atoms with van der Waals surface area (Å²) in [5.74, 6) is 1.01. The summed E-state index contributed by atoms with van der Waals surface area (Å²) in [6.07, 6.45) is 3.65. The van der Waals surface area contributed by atoms with Gasteiger partial charge < -0.3 is 15.0 Å². The van der Waals surface area contributed by atoms with Gasteiger partial charge in [-0.15, -0.1) is 0 Å². The fraction of sp³-hybridized carbons (Fsp3) is 0.375. The van der Waals surface area contributed by atoms with E-state index < -0.39 is 0 Å². The van der Waals surface area contributed by atoms with E-state index in [9.17, 15) is 4.79 Å². The summed E-state index contributed by atoms with van der Waals surface area (Å²) in [7, 11) is 0. The molecule has 0 atom stereocenters. The topological polar surface area (TPSA) is 54.1 Å². The number of para-hydroxylation sites is 1. The Morgan fingerprint density at radius 1 is 1.00 bits per heavy atom. The number of Topliss-reactive ketones (excluding diaryl/α,β-unsaturated/α-hetero) is 1. The highest BCUT2D eigenvalue weighted by Crippen LogP contribution is 2.22. The van der Waals surface area contributed by atoms with E-state index in [1.165, 1.54) is 0 Å². The Morgan fingerprint density at radius 3 is 2.57 bits per heavy atom. The van der Waals surface area contributed by atoms with Crippen molar-refractivity contribution in [1.82, 2.24) is 10.3 Å². The maximum Gasteiger partial charge on any atom is 0.141 e. The van der Waals surface area contributed by atoms with Crippen molar-refractivity contribution in [3.63, 3.8) is 0 Å². The summed E-state index contributed by atoms with van der Waals surface area (Å²) in [6.45, 7) is 8.01. The van der Waals surface area contributed by atoms with E-state index in [1.54, 1.807) is 0 Å². The second-order valence-corrected chi connectivity index (χ2v) is 8.23. The highest BCUT2D eigenvalue weighted by Gasteiger charge is 2.12. The zero-order valence-electron chi connectivity index (χ0n) is 17.0. The van der Waals surface area contributed by atoms with E-state index in [4.69, 9.17) is 4.74 Å². The van der Waals surface area contributed by atoms with E-state index in [0.717, 1.165) is 40.7 Å². The molecular formula is C24H30N2O2. The SMILES string of the molecule is CC(C)(C)NCCCOc1ccccc1CC(=O)Cc1cccc2[nH]ccc12. The van der Waals surface area contributed by atoms with Gasteiger partial charge in [-0.3, -0.25) is 4.79 Å². The third-order valence-electron chi connectivity index (χ3n) is 4.67. The van der Waals surface area contributed by atoms with Crippen LogP contribution in [0.15, 0.2) is 54.7 Å². The van der Waals surface area contributed by atoms with Crippen molar-refractivity contribution in [3.8, 4) is 5.75 Å². The van der Waals surface area contributed by atoms with Crippen molar-refractivity contribution in [1.29, 1.82) is 0 Å². The highest BCUT2D eigenvalue weighted by atomic mass is 16.5. The molecule has 4 heteroatoms. The number of ketones is 1. The van der Waals surface area contributed by atoms with E-state index in [0.29, 0.717) is 19.4 Å². The lowest BCUT2D eigenvalue weighted by Crippen LogP contribution is -2.36. The molecule has 0 aliphatic rings. The average molecular weight is 379 g/mol. The summed E-state index contributed by atoms with van der Waals surface area (Å²) >= 11 is 0. The molecule has 0 saturated heterocycles. The zero-order valence-corrected chi connectivity index (χ0v) is 17.0. The predicted molar refractivity (Wildman–Crippen MR) is 115 cm³/mol. The lowest BCUT2D eigenvalue weighted by atomic mass is 10.00. The number of ether oxygens (including phenoxy) is 1. The van der Waals surface area contributed by atoms with Crippen LogP contribution in [0.1, 0.15) is 38.3 Å². The number of H-pyrrole nitrogens is 1. The molecule has 1 aromatic heterocycles. The molecule has 0 spiro atoms. The first-order valence-corrected chi connectivity index (χ1v) is 9.95. The number of aromatic nitrogens is 1. The van der Waals surface area contributed by atoms with Crippen molar-refractivity contribution in [2.75, 3.05) is 13.2 Å². The maximum absolute atomic E-state index is 12.7.